The van der Waals surface area contributed by atoms with Gasteiger partial charge in [-0.25, -0.2) is 0 Å². The van der Waals surface area contributed by atoms with Crippen LogP contribution in [0.15, 0.2) is 17.5 Å². The average Bonchev–Trinajstić information content (AvgIpc) is 3.11. The molecule has 1 aromatic rings. The summed E-state index contributed by atoms with van der Waals surface area (Å²) in [4.78, 5) is 27.7. The van der Waals surface area contributed by atoms with Crippen LogP contribution in [0.3, 0.4) is 0 Å². The summed E-state index contributed by atoms with van der Waals surface area (Å²) in [6, 6.07) is 3.08. The normalized spacial score (nSPS) is 28.4. The van der Waals surface area contributed by atoms with E-state index in [0.717, 1.165) is 38.5 Å². The van der Waals surface area contributed by atoms with Crippen molar-refractivity contribution in [2.75, 3.05) is 6.54 Å². The Morgan fingerprint density at radius 2 is 1.96 bits per heavy atom. The summed E-state index contributed by atoms with van der Waals surface area (Å²) in [6.07, 6.45) is 5.74. The minimum atomic E-state index is -0.460. The van der Waals surface area contributed by atoms with Gasteiger partial charge < -0.3 is 15.3 Å². The molecule has 3 rings (SSSR count). The van der Waals surface area contributed by atoms with Crippen LogP contribution in [-0.2, 0) is 4.79 Å². The molecule has 2 heterocycles. The van der Waals surface area contributed by atoms with Crippen molar-refractivity contribution in [2.45, 2.75) is 63.1 Å². The molecule has 3 unspecified atom stereocenters. The van der Waals surface area contributed by atoms with Gasteiger partial charge in [0.25, 0.3) is 5.91 Å². The number of likely N-dealkylation sites (tertiary alicyclic amines) is 1. The molecule has 1 aliphatic carbocycles. The van der Waals surface area contributed by atoms with Gasteiger partial charge in [-0.15, -0.1) is 11.3 Å². The van der Waals surface area contributed by atoms with Gasteiger partial charge >= 0.3 is 0 Å². The average molecular weight is 336 g/mol. The zero-order valence-electron chi connectivity index (χ0n) is 13.2. The molecule has 1 aromatic heterocycles. The zero-order chi connectivity index (χ0) is 16.2. The van der Waals surface area contributed by atoms with Crippen molar-refractivity contribution in [3.63, 3.8) is 0 Å². The lowest BCUT2D eigenvalue weighted by molar-refractivity contribution is -0.128. The number of hydrogen-bond acceptors (Lipinski definition) is 4. The first-order valence-corrected chi connectivity index (χ1v) is 9.37. The Bertz CT molecular complexity index is 546. The second-order valence-electron chi connectivity index (χ2n) is 6.45. The number of carbonyl (C=O) groups excluding carboxylic acids is 2. The summed E-state index contributed by atoms with van der Waals surface area (Å²) in [5.74, 6) is -0.162. The van der Waals surface area contributed by atoms with E-state index in [0.29, 0.717) is 17.8 Å². The molecule has 126 valence electrons. The van der Waals surface area contributed by atoms with Gasteiger partial charge in [0.15, 0.2) is 0 Å². The molecule has 6 heteroatoms. The lowest BCUT2D eigenvalue weighted by Crippen LogP contribution is -2.55. The summed E-state index contributed by atoms with van der Waals surface area (Å²) in [7, 11) is 0. The van der Waals surface area contributed by atoms with Gasteiger partial charge in [0.05, 0.1) is 17.0 Å². The van der Waals surface area contributed by atoms with E-state index in [4.69, 9.17) is 0 Å². The van der Waals surface area contributed by atoms with Gasteiger partial charge in [-0.2, -0.15) is 0 Å². The first-order valence-electron chi connectivity index (χ1n) is 8.50. The third-order valence-corrected chi connectivity index (χ3v) is 5.71. The zero-order valence-corrected chi connectivity index (χ0v) is 14.1. The Kier molecular flexibility index (Phi) is 5.33. The second kappa shape index (κ2) is 7.45. The van der Waals surface area contributed by atoms with Crippen molar-refractivity contribution < 1.29 is 14.7 Å². The Labute approximate surface area is 140 Å². The number of aliphatic hydroxyl groups excluding tert-OH is 1. The van der Waals surface area contributed by atoms with Gasteiger partial charge in [0.1, 0.15) is 6.04 Å². The fourth-order valence-electron chi connectivity index (χ4n) is 3.55. The second-order valence-corrected chi connectivity index (χ2v) is 7.40. The molecule has 0 bridgehead atoms. The fourth-order valence-corrected chi connectivity index (χ4v) is 4.23. The monoisotopic (exact) mass is 336 g/mol. The van der Waals surface area contributed by atoms with Crippen LogP contribution in [0.1, 0.15) is 54.6 Å². The third-order valence-electron chi connectivity index (χ3n) is 4.86. The van der Waals surface area contributed by atoms with Crippen LogP contribution in [0.25, 0.3) is 0 Å². The summed E-state index contributed by atoms with van der Waals surface area (Å²) < 4.78 is 0. The van der Waals surface area contributed by atoms with E-state index in [2.05, 4.69) is 5.32 Å². The minimum Gasteiger partial charge on any atom is -0.391 e. The smallest absolute Gasteiger partial charge is 0.264 e. The molecule has 0 spiro atoms. The van der Waals surface area contributed by atoms with Crippen LogP contribution in [0.4, 0.5) is 0 Å². The molecule has 3 atom stereocenters. The maximum absolute atomic E-state index is 12.7. The Morgan fingerprint density at radius 3 is 2.70 bits per heavy atom. The molecule has 2 N–H and O–H groups in total. The van der Waals surface area contributed by atoms with Crippen molar-refractivity contribution >= 4 is 23.2 Å². The number of hydrogen-bond donors (Lipinski definition) is 2. The standard InChI is InChI=1S/C17H24N2O3S/c20-14-8-2-1-6-12(14)18-16(21)13-7-3-4-10-19(13)17(22)15-9-5-11-23-15/h5,9,11-14,20H,1-4,6-8,10H2,(H,18,21). The molecule has 1 saturated carbocycles. The summed E-state index contributed by atoms with van der Waals surface area (Å²) in [6.45, 7) is 0.627. The van der Waals surface area contributed by atoms with E-state index in [1.807, 2.05) is 17.5 Å². The summed E-state index contributed by atoms with van der Waals surface area (Å²) in [5, 5.41) is 14.9. The molecule has 2 amide bonds. The van der Waals surface area contributed by atoms with E-state index in [1.165, 1.54) is 11.3 Å². The van der Waals surface area contributed by atoms with Crippen LogP contribution in [0.5, 0.6) is 0 Å². The lowest BCUT2D eigenvalue weighted by atomic mass is 9.92. The molecule has 1 saturated heterocycles. The maximum atomic E-state index is 12.7. The molecule has 1 aliphatic heterocycles. The Hall–Kier alpha value is -1.40. The van der Waals surface area contributed by atoms with Gasteiger partial charge in [-0.3, -0.25) is 9.59 Å². The van der Waals surface area contributed by atoms with Crippen LogP contribution in [0.2, 0.25) is 0 Å². The van der Waals surface area contributed by atoms with Gasteiger partial charge in [0, 0.05) is 6.54 Å². The van der Waals surface area contributed by atoms with Crippen LogP contribution in [0, 0.1) is 0 Å². The maximum Gasteiger partial charge on any atom is 0.264 e. The largest absolute Gasteiger partial charge is 0.391 e. The number of amides is 2. The van der Waals surface area contributed by atoms with E-state index in [9.17, 15) is 14.7 Å². The molecular weight excluding hydrogens is 312 g/mol. The molecule has 0 radical (unpaired) electrons. The first kappa shape index (κ1) is 16.5. The van der Waals surface area contributed by atoms with Crippen molar-refractivity contribution in [3.8, 4) is 0 Å². The number of rotatable bonds is 3. The summed E-state index contributed by atoms with van der Waals surface area (Å²) >= 11 is 1.41. The van der Waals surface area contributed by atoms with E-state index < -0.39 is 12.1 Å². The third kappa shape index (κ3) is 3.75. The number of aliphatic hydroxyl groups is 1. The van der Waals surface area contributed by atoms with Crippen molar-refractivity contribution in [1.29, 1.82) is 0 Å². The topological polar surface area (TPSA) is 69.6 Å². The van der Waals surface area contributed by atoms with Gasteiger partial charge in [-0.1, -0.05) is 18.9 Å². The number of thiophene rings is 1. The van der Waals surface area contributed by atoms with Gasteiger partial charge in [-0.05, 0) is 43.6 Å². The highest BCUT2D eigenvalue weighted by Crippen LogP contribution is 2.23. The minimum absolute atomic E-state index is 0.0518. The molecule has 0 aromatic carbocycles. The van der Waals surface area contributed by atoms with E-state index >= 15 is 0 Å². The highest BCUT2D eigenvalue weighted by Gasteiger charge is 2.35. The summed E-state index contributed by atoms with van der Waals surface area (Å²) in [5.41, 5.74) is 0. The number of carbonyl (C=O) groups is 2. The highest BCUT2D eigenvalue weighted by molar-refractivity contribution is 7.12. The van der Waals surface area contributed by atoms with Crippen LogP contribution < -0.4 is 5.32 Å². The molecule has 5 nitrogen and oxygen atoms in total. The van der Waals surface area contributed by atoms with Crippen molar-refractivity contribution in [1.82, 2.24) is 10.2 Å². The Balaban J connectivity index is 1.68. The molecule has 23 heavy (non-hydrogen) atoms. The number of nitrogens with one attached hydrogen (secondary N) is 1. The molecular formula is C17H24N2O3S. The van der Waals surface area contributed by atoms with Crippen LogP contribution in [-0.4, -0.2) is 46.6 Å². The molecule has 2 fully saturated rings. The van der Waals surface area contributed by atoms with E-state index in [-0.39, 0.29) is 17.9 Å². The SMILES string of the molecule is O=C(NC1CCCCC1O)C1CCCCN1C(=O)c1cccs1. The Morgan fingerprint density at radius 1 is 1.17 bits per heavy atom. The van der Waals surface area contributed by atoms with Crippen molar-refractivity contribution in [3.05, 3.63) is 22.4 Å². The quantitative estimate of drug-likeness (QED) is 0.889. The predicted octanol–water partition coefficient (Wildman–Crippen LogP) is 2.16. The van der Waals surface area contributed by atoms with Gasteiger partial charge in [0.2, 0.25) is 5.91 Å². The highest BCUT2D eigenvalue weighted by atomic mass is 32.1. The fraction of sp³-hybridized carbons (Fsp3) is 0.647. The van der Waals surface area contributed by atoms with Crippen LogP contribution >= 0.6 is 11.3 Å². The lowest BCUT2D eigenvalue weighted by Gasteiger charge is -2.36. The van der Waals surface area contributed by atoms with Crippen molar-refractivity contribution in [2.24, 2.45) is 0 Å². The predicted molar refractivity (Wildman–Crippen MR) is 89.4 cm³/mol. The number of nitrogens with zero attached hydrogens (tertiary/aromatic N) is 1. The number of piperidine rings is 1. The first-order chi connectivity index (χ1) is 11.2. The van der Waals surface area contributed by atoms with E-state index in [1.54, 1.807) is 4.90 Å². The molecule has 2 aliphatic rings.